The van der Waals surface area contributed by atoms with Crippen LogP contribution in [0.15, 0.2) is 36.9 Å². The fraction of sp³-hybridized carbons (Fsp3) is 0.167. The van der Waals surface area contributed by atoms with Crippen molar-refractivity contribution in [1.82, 2.24) is 4.98 Å². The molecule has 0 radical (unpaired) electrons. The molecule has 0 saturated carbocycles. The molecule has 1 aromatic carbocycles. The Hall–Kier alpha value is -2.91. The lowest BCUT2D eigenvalue weighted by Gasteiger charge is -2.14. The number of aromatic nitrogens is 1. The zero-order valence-electron chi connectivity index (χ0n) is 13.4. The van der Waals surface area contributed by atoms with Gasteiger partial charge >= 0.3 is 5.97 Å². The minimum absolute atomic E-state index is 0.0812. The number of aromatic amines is 1. The summed E-state index contributed by atoms with van der Waals surface area (Å²) < 4.78 is 10.6. The van der Waals surface area contributed by atoms with Gasteiger partial charge in [-0.1, -0.05) is 37.0 Å². The molecule has 0 amide bonds. The lowest BCUT2D eigenvalue weighted by atomic mass is 9.95. The van der Waals surface area contributed by atoms with Crippen LogP contribution in [0.5, 0.6) is 5.75 Å². The first-order valence-electron chi connectivity index (χ1n) is 7.12. The van der Waals surface area contributed by atoms with Crippen LogP contribution < -0.4 is 4.74 Å². The standard InChI is InChI=1S/C18H16N2O3S/c1-4-9-23-18(21)15-11(2)20-17(24)14(10-19)16(15)12-5-7-13(22-3)8-6-12/h4-8H,1,9H2,2-3H3,(H,20,24). The number of esters is 1. The molecule has 0 atom stereocenters. The van der Waals surface area contributed by atoms with E-state index in [0.717, 1.165) is 0 Å². The molecule has 0 aliphatic carbocycles. The number of hydrogen-bond donors (Lipinski definition) is 1. The van der Waals surface area contributed by atoms with Gasteiger partial charge in [0.15, 0.2) is 0 Å². The molecule has 1 aromatic heterocycles. The molecule has 5 nitrogen and oxygen atoms in total. The number of nitrogens with zero attached hydrogens (tertiary/aromatic N) is 1. The predicted molar refractivity (Wildman–Crippen MR) is 93.5 cm³/mol. The molecule has 122 valence electrons. The Balaban J connectivity index is 2.74. The van der Waals surface area contributed by atoms with Crippen molar-refractivity contribution in [3.8, 4) is 22.9 Å². The van der Waals surface area contributed by atoms with Gasteiger partial charge in [0, 0.05) is 11.3 Å². The van der Waals surface area contributed by atoms with E-state index in [0.29, 0.717) is 22.6 Å². The summed E-state index contributed by atoms with van der Waals surface area (Å²) in [6.07, 6.45) is 1.48. The number of nitriles is 1. The Bertz CT molecular complexity index is 877. The number of benzene rings is 1. The summed E-state index contributed by atoms with van der Waals surface area (Å²) >= 11 is 5.24. The quantitative estimate of drug-likeness (QED) is 0.507. The number of pyridine rings is 1. The third kappa shape index (κ3) is 3.36. The average molecular weight is 340 g/mol. The Morgan fingerprint density at radius 1 is 1.42 bits per heavy atom. The number of carbonyl (C=O) groups is 1. The summed E-state index contributed by atoms with van der Waals surface area (Å²) in [6, 6.07) is 9.13. The van der Waals surface area contributed by atoms with Gasteiger partial charge in [-0.2, -0.15) is 5.26 Å². The Morgan fingerprint density at radius 3 is 2.62 bits per heavy atom. The van der Waals surface area contributed by atoms with Gasteiger partial charge in [0.05, 0.1) is 18.2 Å². The highest BCUT2D eigenvalue weighted by atomic mass is 32.1. The van der Waals surface area contributed by atoms with Crippen LogP contribution in [0, 0.1) is 22.9 Å². The lowest BCUT2D eigenvalue weighted by Crippen LogP contribution is -2.12. The molecule has 0 fully saturated rings. The highest BCUT2D eigenvalue weighted by Gasteiger charge is 2.22. The Kier molecular flexibility index (Phi) is 5.51. The number of nitrogens with one attached hydrogen (secondary N) is 1. The van der Waals surface area contributed by atoms with Crippen LogP contribution in [-0.2, 0) is 4.74 Å². The second kappa shape index (κ2) is 7.57. The minimum atomic E-state index is -0.541. The van der Waals surface area contributed by atoms with Gasteiger partial charge < -0.3 is 14.5 Å². The first-order chi connectivity index (χ1) is 11.5. The fourth-order valence-electron chi connectivity index (χ4n) is 2.34. The molecule has 1 heterocycles. The second-order valence-corrected chi connectivity index (χ2v) is 5.34. The van der Waals surface area contributed by atoms with E-state index in [1.54, 1.807) is 38.3 Å². The molecule has 6 heteroatoms. The second-order valence-electron chi connectivity index (χ2n) is 4.93. The Labute approximate surface area is 145 Å². The van der Waals surface area contributed by atoms with E-state index in [2.05, 4.69) is 17.6 Å². The third-order valence-electron chi connectivity index (χ3n) is 3.43. The van der Waals surface area contributed by atoms with Crippen molar-refractivity contribution in [1.29, 1.82) is 5.26 Å². The van der Waals surface area contributed by atoms with E-state index in [1.807, 2.05) is 0 Å². The highest BCUT2D eigenvalue weighted by Crippen LogP contribution is 2.31. The molecule has 0 aliphatic heterocycles. The first kappa shape index (κ1) is 17.4. The van der Waals surface area contributed by atoms with Gasteiger partial charge in [0.1, 0.15) is 23.1 Å². The number of carbonyl (C=O) groups excluding carboxylic acids is 1. The maximum absolute atomic E-state index is 12.5. The minimum Gasteiger partial charge on any atom is -0.497 e. The number of ether oxygens (including phenoxy) is 2. The van der Waals surface area contributed by atoms with Crippen molar-refractivity contribution in [2.45, 2.75) is 6.92 Å². The molecule has 0 spiro atoms. The summed E-state index contributed by atoms with van der Waals surface area (Å²) in [6.45, 7) is 5.33. The van der Waals surface area contributed by atoms with E-state index in [-0.39, 0.29) is 22.4 Å². The molecule has 2 aromatic rings. The summed E-state index contributed by atoms with van der Waals surface area (Å²) in [5.41, 5.74) is 2.19. The Morgan fingerprint density at radius 2 is 2.08 bits per heavy atom. The molecule has 0 bridgehead atoms. The van der Waals surface area contributed by atoms with E-state index >= 15 is 0 Å². The summed E-state index contributed by atoms with van der Waals surface area (Å²) in [4.78, 5) is 15.4. The van der Waals surface area contributed by atoms with Gasteiger partial charge in [-0.25, -0.2) is 4.79 Å². The number of rotatable bonds is 5. The van der Waals surface area contributed by atoms with Crippen molar-refractivity contribution in [3.63, 3.8) is 0 Å². The van der Waals surface area contributed by atoms with Crippen molar-refractivity contribution in [3.05, 3.63) is 58.4 Å². The topological polar surface area (TPSA) is 75.1 Å². The number of hydrogen-bond acceptors (Lipinski definition) is 5. The smallest absolute Gasteiger partial charge is 0.340 e. The van der Waals surface area contributed by atoms with Crippen molar-refractivity contribution in [2.24, 2.45) is 0 Å². The summed E-state index contributed by atoms with van der Waals surface area (Å²) in [5, 5.41) is 9.50. The van der Waals surface area contributed by atoms with Crippen LogP contribution >= 0.6 is 12.2 Å². The van der Waals surface area contributed by atoms with Gasteiger partial charge in [-0.3, -0.25) is 0 Å². The summed E-state index contributed by atoms with van der Waals surface area (Å²) in [7, 11) is 1.57. The van der Waals surface area contributed by atoms with Crippen LogP contribution in [0.25, 0.3) is 11.1 Å². The lowest BCUT2D eigenvalue weighted by molar-refractivity contribution is 0.0549. The maximum atomic E-state index is 12.5. The van der Waals surface area contributed by atoms with E-state index in [4.69, 9.17) is 21.7 Å². The van der Waals surface area contributed by atoms with Crippen molar-refractivity contribution in [2.75, 3.05) is 13.7 Å². The van der Waals surface area contributed by atoms with Crippen LogP contribution in [0.1, 0.15) is 21.6 Å². The predicted octanol–water partition coefficient (Wildman–Crippen LogP) is 3.94. The average Bonchev–Trinajstić information content (AvgIpc) is 2.59. The SMILES string of the molecule is C=CCOC(=O)c1c(C)[nH]c(=S)c(C#N)c1-c1ccc(OC)cc1. The zero-order valence-corrected chi connectivity index (χ0v) is 14.2. The van der Waals surface area contributed by atoms with Gasteiger partial charge in [-0.05, 0) is 24.6 Å². The third-order valence-corrected chi connectivity index (χ3v) is 3.74. The largest absolute Gasteiger partial charge is 0.497 e. The number of aryl methyl sites for hydroxylation is 1. The van der Waals surface area contributed by atoms with E-state index in [9.17, 15) is 10.1 Å². The zero-order chi connectivity index (χ0) is 17.7. The van der Waals surface area contributed by atoms with Gasteiger partial charge in [0.2, 0.25) is 0 Å². The van der Waals surface area contributed by atoms with Crippen LogP contribution in [0.4, 0.5) is 0 Å². The molecule has 2 rings (SSSR count). The van der Waals surface area contributed by atoms with Crippen LogP contribution in [0.3, 0.4) is 0 Å². The fourth-order valence-corrected chi connectivity index (χ4v) is 2.64. The normalized spacial score (nSPS) is 9.88. The molecule has 0 saturated heterocycles. The summed E-state index contributed by atoms with van der Waals surface area (Å²) in [5.74, 6) is 0.131. The van der Waals surface area contributed by atoms with Crippen molar-refractivity contribution < 1.29 is 14.3 Å². The van der Waals surface area contributed by atoms with Crippen LogP contribution in [0.2, 0.25) is 0 Å². The monoisotopic (exact) mass is 340 g/mol. The molecule has 0 unspecified atom stereocenters. The maximum Gasteiger partial charge on any atom is 0.340 e. The molecule has 24 heavy (non-hydrogen) atoms. The van der Waals surface area contributed by atoms with Crippen LogP contribution in [-0.4, -0.2) is 24.7 Å². The van der Waals surface area contributed by atoms with E-state index in [1.165, 1.54) is 6.08 Å². The molecule has 0 aliphatic rings. The molecular weight excluding hydrogens is 324 g/mol. The van der Waals surface area contributed by atoms with Crippen molar-refractivity contribution >= 4 is 18.2 Å². The highest BCUT2D eigenvalue weighted by molar-refractivity contribution is 7.71. The number of methoxy groups -OCH3 is 1. The van der Waals surface area contributed by atoms with Gasteiger partial charge in [-0.15, -0.1) is 0 Å². The molecular formula is C18H16N2O3S. The van der Waals surface area contributed by atoms with E-state index < -0.39 is 5.97 Å². The first-order valence-corrected chi connectivity index (χ1v) is 7.53. The molecule has 1 N–H and O–H groups in total. The van der Waals surface area contributed by atoms with Gasteiger partial charge in [0.25, 0.3) is 0 Å². The number of H-pyrrole nitrogens is 1.